The van der Waals surface area contributed by atoms with Crippen LogP contribution in [0.1, 0.15) is 47.3 Å². The number of aromatic hydroxyl groups is 1. The number of benzene rings is 2. The van der Waals surface area contributed by atoms with Gasteiger partial charge in [-0.2, -0.15) is 0 Å². The number of amides is 1. The average molecular weight is 369 g/mol. The Kier molecular flexibility index (Phi) is 5.64. The van der Waals surface area contributed by atoms with Crippen molar-refractivity contribution in [1.29, 1.82) is 0 Å². The van der Waals surface area contributed by atoms with Gasteiger partial charge >= 0.3 is 5.97 Å². The van der Waals surface area contributed by atoms with Crippen LogP contribution in [0.25, 0.3) is 0 Å². The quantitative estimate of drug-likeness (QED) is 0.791. The molecule has 0 spiro atoms. The van der Waals surface area contributed by atoms with Crippen LogP contribution in [0.4, 0.5) is 0 Å². The van der Waals surface area contributed by atoms with Gasteiger partial charge in [0.2, 0.25) is 0 Å². The van der Waals surface area contributed by atoms with Gasteiger partial charge in [-0.3, -0.25) is 4.79 Å². The molecule has 0 radical (unpaired) electrons. The van der Waals surface area contributed by atoms with Crippen molar-refractivity contribution in [2.24, 2.45) is 0 Å². The van der Waals surface area contributed by atoms with E-state index in [0.29, 0.717) is 5.75 Å². The van der Waals surface area contributed by atoms with Crippen LogP contribution in [0.3, 0.4) is 0 Å². The molecule has 6 heteroatoms. The molecular formula is C21H23NO5. The number of methoxy groups -OCH3 is 1. The Labute approximate surface area is 158 Å². The summed E-state index contributed by atoms with van der Waals surface area (Å²) in [7, 11) is 1.46. The number of fused-ring (bicyclic) bond motifs is 1. The minimum atomic E-state index is -0.979. The monoisotopic (exact) mass is 369 g/mol. The van der Waals surface area contributed by atoms with Crippen LogP contribution < -0.4 is 10.1 Å². The number of ether oxygens (including phenoxy) is 2. The Hall–Kier alpha value is -3.02. The van der Waals surface area contributed by atoms with Gasteiger partial charge in [-0.25, -0.2) is 4.79 Å². The number of phenolic OH excluding ortho intramolecular Hbond substituents is 1. The predicted molar refractivity (Wildman–Crippen MR) is 99.8 cm³/mol. The Morgan fingerprint density at radius 3 is 2.74 bits per heavy atom. The number of carbonyl (C=O) groups excluding carboxylic acids is 2. The first-order valence-corrected chi connectivity index (χ1v) is 8.95. The molecule has 0 aliphatic heterocycles. The lowest BCUT2D eigenvalue weighted by Crippen LogP contribution is -2.39. The molecule has 2 N–H and O–H groups in total. The van der Waals surface area contributed by atoms with Crippen LogP contribution in [-0.2, 0) is 16.0 Å². The van der Waals surface area contributed by atoms with Gasteiger partial charge in [-0.15, -0.1) is 0 Å². The summed E-state index contributed by atoms with van der Waals surface area (Å²) in [5, 5.41) is 12.9. The summed E-state index contributed by atoms with van der Waals surface area (Å²) in [6.07, 6.45) is 1.87. The SMILES string of the molecule is COc1ccc(C(=O)O[C@@H](C)C(=O)N[C@H]2CCCc3ccccc32)c(O)c1. The average Bonchev–Trinajstić information content (AvgIpc) is 2.67. The summed E-state index contributed by atoms with van der Waals surface area (Å²) in [5.41, 5.74) is 2.34. The van der Waals surface area contributed by atoms with Gasteiger partial charge in [0.15, 0.2) is 6.10 Å². The maximum absolute atomic E-state index is 12.5. The molecule has 0 bridgehead atoms. The van der Waals surface area contributed by atoms with Gasteiger partial charge in [0, 0.05) is 6.07 Å². The van der Waals surface area contributed by atoms with E-state index in [-0.39, 0.29) is 23.3 Å². The molecule has 27 heavy (non-hydrogen) atoms. The van der Waals surface area contributed by atoms with Crippen LogP contribution in [0.5, 0.6) is 11.5 Å². The lowest BCUT2D eigenvalue weighted by atomic mass is 9.87. The fraction of sp³-hybridized carbons (Fsp3) is 0.333. The third-order valence-electron chi connectivity index (χ3n) is 4.76. The van der Waals surface area contributed by atoms with E-state index in [0.717, 1.165) is 24.8 Å². The number of esters is 1. The highest BCUT2D eigenvalue weighted by atomic mass is 16.5. The first-order chi connectivity index (χ1) is 13.0. The molecule has 142 valence electrons. The molecule has 2 aromatic carbocycles. The van der Waals surface area contributed by atoms with Crippen LogP contribution in [-0.4, -0.2) is 30.2 Å². The molecule has 0 saturated heterocycles. The maximum Gasteiger partial charge on any atom is 0.342 e. The van der Waals surface area contributed by atoms with E-state index in [4.69, 9.17) is 9.47 Å². The number of nitrogens with one attached hydrogen (secondary N) is 1. The van der Waals surface area contributed by atoms with E-state index >= 15 is 0 Å². The number of phenols is 1. The first kappa shape index (κ1) is 18.8. The molecule has 0 aromatic heterocycles. The Morgan fingerprint density at radius 1 is 1.22 bits per heavy atom. The van der Waals surface area contributed by atoms with Crippen molar-refractivity contribution in [3.8, 4) is 11.5 Å². The molecule has 0 heterocycles. The van der Waals surface area contributed by atoms with Gasteiger partial charge < -0.3 is 19.9 Å². The number of hydrogen-bond acceptors (Lipinski definition) is 5. The largest absolute Gasteiger partial charge is 0.507 e. The molecule has 3 rings (SSSR count). The van der Waals surface area contributed by atoms with Crippen LogP contribution in [0.2, 0.25) is 0 Å². The van der Waals surface area contributed by atoms with Crippen molar-refractivity contribution >= 4 is 11.9 Å². The minimum absolute atomic E-state index is 0.0153. The van der Waals surface area contributed by atoms with Crippen LogP contribution >= 0.6 is 0 Å². The van der Waals surface area contributed by atoms with E-state index in [2.05, 4.69) is 11.4 Å². The second-order valence-electron chi connectivity index (χ2n) is 6.58. The lowest BCUT2D eigenvalue weighted by molar-refractivity contribution is -0.130. The molecule has 0 saturated carbocycles. The summed E-state index contributed by atoms with van der Waals surface area (Å²) in [6.45, 7) is 1.52. The van der Waals surface area contributed by atoms with Gasteiger partial charge in [-0.05, 0) is 49.4 Å². The molecular weight excluding hydrogens is 346 g/mol. The summed E-state index contributed by atoms with van der Waals surface area (Å²) in [4.78, 5) is 24.8. The first-order valence-electron chi connectivity index (χ1n) is 8.95. The summed E-state index contributed by atoms with van der Waals surface area (Å²) >= 11 is 0. The number of hydrogen-bond donors (Lipinski definition) is 2. The Bertz CT molecular complexity index is 848. The third kappa shape index (κ3) is 4.22. The zero-order valence-electron chi connectivity index (χ0n) is 15.4. The van der Waals surface area contributed by atoms with E-state index in [9.17, 15) is 14.7 Å². The molecule has 1 aliphatic rings. The maximum atomic E-state index is 12.5. The fourth-order valence-corrected chi connectivity index (χ4v) is 3.28. The zero-order chi connectivity index (χ0) is 19.4. The molecule has 6 nitrogen and oxygen atoms in total. The smallest absolute Gasteiger partial charge is 0.342 e. The topological polar surface area (TPSA) is 84.9 Å². The zero-order valence-corrected chi connectivity index (χ0v) is 15.4. The summed E-state index contributed by atoms with van der Waals surface area (Å²) < 4.78 is 10.2. The van der Waals surface area contributed by atoms with Crippen molar-refractivity contribution in [2.45, 2.75) is 38.3 Å². The highest BCUT2D eigenvalue weighted by molar-refractivity contribution is 5.94. The molecule has 1 aliphatic carbocycles. The second kappa shape index (κ2) is 8.12. The normalized spacial score (nSPS) is 16.7. The standard InChI is InChI=1S/C21H23NO5/c1-13(27-21(25)17-11-10-15(26-2)12-19(17)23)20(24)22-18-9-5-7-14-6-3-4-8-16(14)18/h3-4,6,8,10-13,18,23H,5,7,9H2,1-2H3,(H,22,24)/t13-,18-/m0/s1. The van der Waals surface area contributed by atoms with Crippen molar-refractivity contribution in [1.82, 2.24) is 5.32 Å². The molecule has 0 unspecified atom stereocenters. The van der Waals surface area contributed by atoms with Crippen molar-refractivity contribution in [3.63, 3.8) is 0 Å². The lowest BCUT2D eigenvalue weighted by Gasteiger charge is -2.27. The van der Waals surface area contributed by atoms with Crippen LogP contribution in [0.15, 0.2) is 42.5 Å². The summed E-state index contributed by atoms with van der Waals surface area (Å²) in [5.74, 6) is -0.959. The van der Waals surface area contributed by atoms with E-state index in [1.807, 2.05) is 18.2 Å². The van der Waals surface area contributed by atoms with Gasteiger partial charge in [0.05, 0.1) is 13.2 Å². The predicted octanol–water partition coefficient (Wildman–Crippen LogP) is 3.14. The van der Waals surface area contributed by atoms with Gasteiger partial charge in [0.25, 0.3) is 5.91 Å². The highest BCUT2D eigenvalue weighted by Crippen LogP contribution is 2.29. The van der Waals surface area contributed by atoms with Crippen molar-refractivity contribution < 1.29 is 24.2 Å². The molecule has 2 atom stereocenters. The van der Waals surface area contributed by atoms with Crippen LogP contribution in [0, 0.1) is 0 Å². The number of rotatable bonds is 5. The van der Waals surface area contributed by atoms with Crippen molar-refractivity contribution in [2.75, 3.05) is 7.11 Å². The number of aryl methyl sites for hydroxylation is 1. The summed E-state index contributed by atoms with van der Waals surface area (Å²) in [6, 6.07) is 12.2. The second-order valence-corrected chi connectivity index (χ2v) is 6.58. The molecule has 2 aromatic rings. The van der Waals surface area contributed by atoms with Gasteiger partial charge in [0.1, 0.15) is 17.1 Å². The number of carbonyl (C=O) groups is 2. The minimum Gasteiger partial charge on any atom is -0.507 e. The Balaban J connectivity index is 1.64. The fourth-order valence-electron chi connectivity index (χ4n) is 3.28. The highest BCUT2D eigenvalue weighted by Gasteiger charge is 2.26. The van der Waals surface area contributed by atoms with E-state index in [1.165, 1.54) is 31.7 Å². The van der Waals surface area contributed by atoms with Gasteiger partial charge in [-0.1, -0.05) is 24.3 Å². The molecule has 1 amide bonds. The van der Waals surface area contributed by atoms with E-state index in [1.54, 1.807) is 6.07 Å². The van der Waals surface area contributed by atoms with E-state index < -0.39 is 12.1 Å². The van der Waals surface area contributed by atoms with Crippen molar-refractivity contribution in [3.05, 3.63) is 59.2 Å². The molecule has 0 fully saturated rings. The Morgan fingerprint density at radius 2 is 2.00 bits per heavy atom. The third-order valence-corrected chi connectivity index (χ3v) is 4.76.